The van der Waals surface area contributed by atoms with Crippen LogP contribution in [0.1, 0.15) is 105 Å². The van der Waals surface area contributed by atoms with Crippen molar-refractivity contribution < 1.29 is 52.0 Å². The molecule has 2 aliphatic rings. The van der Waals surface area contributed by atoms with Crippen molar-refractivity contribution in [1.29, 1.82) is 0 Å². The van der Waals surface area contributed by atoms with Gasteiger partial charge in [0.15, 0.2) is 17.2 Å². The van der Waals surface area contributed by atoms with E-state index in [1.807, 2.05) is 0 Å². The third kappa shape index (κ3) is 8.03. The predicted molar refractivity (Wildman–Crippen MR) is 174 cm³/mol. The lowest BCUT2D eigenvalue weighted by atomic mass is 9.61. The Morgan fingerprint density at radius 2 is 1.53 bits per heavy atom. The van der Waals surface area contributed by atoms with Gasteiger partial charge in [-0.1, -0.05) is 76.8 Å². The molecule has 2 aromatic rings. The second-order valence-electron chi connectivity index (χ2n) is 12.5. The fraction of sp³-hybridized carbons (Fsp3) is 0.559. The lowest BCUT2D eigenvalue weighted by Crippen LogP contribution is -2.63. The maximum atomic E-state index is 13.5. The minimum Gasteiger partial charge on any atom is -0.726 e. The highest BCUT2D eigenvalue weighted by Gasteiger charge is 2.61. The number of aryl methyl sites for hydroxylation is 2. The smallest absolute Gasteiger partial charge is 0.217 e. The highest BCUT2D eigenvalue weighted by molar-refractivity contribution is 7.80. The number of aromatic hydroxyl groups is 2. The number of nitrogens with two attached hydrogens (primary N) is 1. The molecule has 0 saturated carbocycles. The van der Waals surface area contributed by atoms with Crippen molar-refractivity contribution in [3.05, 3.63) is 45.7 Å². The molecule has 0 heterocycles. The standard InChI is InChI=1S/C22H21NO7.C12H26O4S/c1-7-4-5-10-8(2)11-6-12-16(23)19(27)13(9(3)24)20(28)22(12,30)21(29)15(11)18(26)14(10)17(7)25;1-2-3-4-5-6-7-8-9-10-11-12-16-17(13,14)15/h4-5,12,16,25-26,28,30H,6,23H2,1-3H3;2-12H2,1H3,(H,13,14,15)/p-1/t12-,16+,22+;/m0./s1. The Morgan fingerprint density at radius 3 is 2.06 bits per heavy atom. The average Bonchev–Trinajstić information content (AvgIpc) is 2.99. The molecule has 0 saturated heterocycles. The molecule has 0 fully saturated rings. The Bertz CT molecular complexity index is 1660. The molecule has 4 rings (SSSR count). The average molecular weight is 677 g/mol. The molecule has 0 unspecified atom stereocenters. The second kappa shape index (κ2) is 15.7. The van der Waals surface area contributed by atoms with E-state index < -0.39 is 62.4 Å². The molecule has 0 spiro atoms. The van der Waals surface area contributed by atoms with Gasteiger partial charge in [-0.3, -0.25) is 18.6 Å². The molecule has 13 heteroatoms. The van der Waals surface area contributed by atoms with Gasteiger partial charge in [0, 0.05) is 5.92 Å². The highest BCUT2D eigenvalue weighted by atomic mass is 32.3. The summed E-state index contributed by atoms with van der Waals surface area (Å²) in [5.41, 5.74) is 3.80. The van der Waals surface area contributed by atoms with Gasteiger partial charge in [-0.15, -0.1) is 0 Å². The number of fused-ring (bicyclic) bond motifs is 3. The van der Waals surface area contributed by atoms with Crippen molar-refractivity contribution in [1.82, 2.24) is 0 Å². The summed E-state index contributed by atoms with van der Waals surface area (Å²) in [5.74, 6) is -5.76. The number of phenols is 2. The van der Waals surface area contributed by atoms with E-state index in [4.69, 9.17) is 5.73 Å². The van der Waals surface area contributed by atoms with Crippen molar-refractivity contribution in [2.24, 2.45) is 11.7 Å². The Balaban J connectivity index is 0.000000303. The lowest BCUT2D eigenvalue weighted by molar-refractivity contribution is -0.127. The minimum atomic E-state index is -4.48. The number of carbonyl (C=O) groups is 3. The van der Waals surface area contributed by atoms with Crippen LogP contribution in [-0.2, 0) is 30.6 Å². The van der Waals surface area contributed by atoms with E-state index in [2.05, 4.69) is 11.1 Å². The number of rotatable bonds is 13. The zero-order valence-corrected chi connectivity index (χ0v) is 28.2. The summed E-state index contributed by atoms with van der Waals surface area (Å²) in [4.78, 5) is 37.9. The molecule has 2 aliphatic carbocycles. The normalized spacial score (nSPS) is 20.9. The van der Waals surface area contributed by atoms with Gasteiger partial charge in [0.25, 0.3) is 0 Å². The van der Waals surface area contributed by atoms with Crippen LogP contribution in [0.2, 0.25) is 0 Å². The van der Waals surface area contributed by atoms with E-state index >= 15 is 0 Å². The summed E-state index contributed by atoms with van der Waals surface area (Å²) in [5, 5.41) is 43.9. The van der Waals surface area contributed by atoms with Gasteiger partial charge in [-0.2, -0.15) is 0 Å². The van der Waals surface area contributed by atoms with Crippen LogP contribution in [0.5, 0.6) is 11.5 Å². The summed E-state index contributed by atoms with van der Waals surface area (Å²) in [7, 11) is -4.48. The maximum Gasteiger partial charge on any atom is 0.217 e. The number of unbranched alkanes of at least 4 members (excludes halogenated alkanes) is 9. The van der Waals surface area contributed by atoms with Gasteiger partial charge in [0.2, 0.25) is 16.2 Å². The number of benzene rings is 2. The number of Topliss-reactive ketones (excluding diaryl/α,β-unsaturated/α-hetero) is 3. The molecule has 3 atom stereocenters. The summed E-state index contributed by atoms with van der Waals surface area (Å²) in [6.45, 7) is 6.59. The lowest BCUT2D eigenvalue weighted by Gasteiger charge is -2.45. The third-order valence-electron chi connectivity index (χ3n) is 9.20. The van der Waals surface area contributed by atoms with Crippen LogP contribution in [0.4, 0.5) is 0 Å². The Labute approximate surface area is 275 Å². The van der Waals surface area contributed by atoms with Crippen LogP contribution in [0.25, 0.3) is 10.8 Å². The van der Waals surface area contributed by atoms with Crippen LogP contribution in [0.3, 0.4) is 0 Å². The molecule has 6 N–H and O–H groups in total. The first-order valence-electron chi connectivity index (χ1n) is 16.1. The minimum absolute atomic E-state index is 0.0301. The number of carbonyl (C=O) groups excluding carboxylic acids is 3. The van der Waals surface area contributed by atoms with Gasteiger partial charge in [0.05, 0.1) is 23.6 Å². The van der Waals surface area contributed by atoms with Crippen molar-refractivity contribution in [3.8, 4) is 11.5 Å². The number of aliphatic hydroxyl groups is 2. The van der Waals surface area contributed by atoms with E-state index in [9.17, 15) is 47.8 Å². The van der Waals surface area contributed by atoms with E-state index in [1.165, 1.54) is 44.9 Å². The van der Waals surface area contributed by atoms with E-state index in [0.29, 0.717) is 28.5 Å². The van der Waals surface area contributed by atoms with Gasteiger partial charge < -0.3 is 30.7 Å². The highest BCUT2D eigenvalue weighted by Crippen LogP contribution is 2.50. The summed E-state index contributed by atoms with van der Waals surface area (Å²) < 4.78 is 34.5. The van der Waals surface area contributed by atoms with Crippen LogP contribution >= 0.6 is 0 Å². The molecular weight excluding hydrogens is 630 g/mol. The first-order chi connectivity index (χ1) is 22.0. The molecule has 0 bridgehead atoms. The second-order valence-corrected chi connectivity index (χ2v) is 13.5. The number of hydrogen-bond acceptors (Lipinski definition) is 12. The van der Waals surface area contributed by atoms with Crippen molar-refractivity contribution in [3.63, 3.8) is 0 Å². The summed E-state index contributed by atoms with van der Waals surface area (Å²) >= 11 is 0. The van der Waals surface area contributed by atoms with Crippen molar-refractivity contribution in [2.45, 2.75) is 110 Å². The van der Waals surface area contributed by atoms with E-state index in [1.54, 1.807) is 26.0 Å². The van der Waals surface area contributed by atoms with Crippen molar-refractivity contribution >= 4 is 38.5 Å². The molecule has 2 aromatic carbocycles. The first kappa shape index (κ1) is 38.1. The SMILES string of the molecule is CC(=O)C1=C(O)[C@@]2(O)C(=O)c3c(c(C)c4ccc(C)c(O)c4c3O)C[C@H]2[C@@H](N)C1=O.CCCCCCCCCCCCOS(=O)(=O)[O-]. The maximum absolute atomic E-state index is 13.5. The van der Waals surface area contributed by atoms with Crippen LogP contribution in [0, 0.1) is 19.8 Å². The summed E-state index contributed by atoms with van der Waals surface area (Å²) in [6, 6.07) is 1.97. The fourth-order valence-corrected chi connectivity index (χ4v) is 6.83. The number of hydrogen-bond donors (Lipinski definition) is 5. The molecule has 0 aliphatic heterocycles. The number of ketones is 3. The van der Waals surface area contributed by atoms with E-state index in [-0.39, 0.29) is 29.7 Å². The quantitative estimate of drug-likeness (QED) is 0.0846. The monoisotopic (exact) mass is 676 g/mol. The van der Waals surface area contributed by atoms with Gasteiger partial charge in [-0.25, -0.2) is 8.42 Å². The van der Waals surface area contributed by atoms with Crippen molar-refractivity contribution in [2.75, 3.05) is 6.61 Å². The number of aliphatic hydroxyl groups excluding tert-OH is 1. The zero-order valence-electron chi connectivity index (χ0n) is 27.4. The topological polar surface area (TPSA) is 225 Å². The largest absolute Gasteiger partial charge is 0.726 e. The summed E-state index contributed by atoms with van der Waals surface area (Å²) in [6.07, 6.45) is 11.6. The molecule has 0 amide bonds. The molecule has 0 aromatic heterocycles. The fourth-order valence-electron chi connectivity index (χ4n) is 6.51. The van der Waals surface area contributed by atoms with Crippen LogP contribution in [-0.4, -0.2) is 69.0 Å². The predicted octanol–water partition coefficient (Wildman–Crippen LogP) is 4.65. The van der Waals surface area contributed by atoms with Gasteiger partial charge in [-0.05, 0) is 55.7 Å². The molecule has 260 valence electrons. The molecule has 12 nitrogen and oxygen atoms in total. The third-order valence-corrected chi connectivity index (χ3v) is 9.66. The van der Waals surface area contributed by atoms with E-state index in [0.717, 1.165) is 19.8 Å². The molecule has 47 heavy (non-hydrogen) atoms. The first-order valence-corrected chi connectivity index (χ1v) is 17.4. The van der Waals surface area contributed by atoms with Crippen LogP contribution < -0.4 is 5.73 Å². The molecule has 0 radical (unpaired) electrons. The Morgan fingerprint density at radius 1 is 0.979 bits per heavy atom. The molecular formula is C34H46NO11S-. The zero-order chi connectivity index (χ0) is 35.3. The van der Waals surface area contributed by atoms with Gasteiger partial charge >= 0.3 is 0 Å². The Hall–Kier alpha value is -3.36. The van der Waals surface area contributed by atoms with Crippen LogP contribution in [0.15, 0.2) is 23.5 Å². The van der Waals surface area contributed by atoms with Gasteiger partial charge in [0.1, 0.15) is 22.8 Å². The Kier molecular flexibility index (Phi) is 12.7. The number of phenolic OH excluding ortho intramolecular Hbond substituents is 2.